The quantitative estimate of drug-likeness (QED) is 0.323. The Hall–Kier alpha value is -2.95. The number of halogens is 2. The minimum absolute atomic E-state index is 0.189. The van der Waals surface area contributed by atoms with Gasteiger partial charge in [0.2, 0.25) is 5.06 Å². The summed E-state index contributed by atoms with van der Waals surface area (Å²) in [6, 6.07) is 9.94. The van der Waals surface area contributed by atoms with Crippen molar-refractivity contribution in [2.75, 3.05) is 13.6 Å². The summed E-state index contributed by atoms with van der Waals surface area (Å²) < 4.78 is 23.7. The third-order valence-corrected chi connectivity index (χ3v) is 5.59. The Kier molecular flexibility index (Phi) is 6.70. The van der Waals surface area contributed by atoms with E-state index in [4.69, 9.17) is 16.3 Å². The molecule has 0 fully saturated rings. The van der Waals surface area contributed by atoms with Crippen molar-refractivity contribution in [2.24, 2.45) is 4.99 Å². The van der Waals surface area contributed by atoms with Gasteiger partial charge in [-0.1, -0.05) is 11.6 Å². The molecule has 0 aliphatic heterocycles. The van der Waals surface area contributed by atoms with E-state index >= 15 is 0 Å². The molecule has 0 spiro atoms. The monoisotopic (exact) mass is 442 g/mol. The molecule has 0 saturated heterocycles. The van der Waals surface area contributed by atoms with Crippen molar-refractivity contribution in [1.82, 2.24) is 9.27 Å². The van der Waals surface area contributed by atoms with Crippen molar-refractivity contribution in [3.8, 4) is 28.1 Å². The maximum absolute atomic E-state index is 13.4. The van der Waals surface area contributed by atoms with Gasteiger partial charge in [-0.25, -0.2) is 9.38 Å². The molecule has 154 valence electrons. The lowest BCUT2D eigenvalue weighted by molar-refractivity contribution is 0.491. The summed E-state index contributed by atoms with van der Waals surface area (Å²) in [5.41, 5.74) is 3.80. The van der Waals surface area contributed by atoms with Gasteiger partial charge in [-0.15, -0.1) is 0 Å². The fourth-order valence-corrected chi connectivity index (χ4v) is 3.66. The van der Waals surface area contributed by atoms with Crippen LogP contribution in [0.1, 0.15) is 23.6 Å². The van der Waals surface area contributed by atoms with Crippen molar-refractivity contribution in [2.45, 2.75) is 20.8 Å². The van der Waals surface area contributed by atoms with Crippen LogP contribution in [0.15, 0.2) is 35.3 Å². The summed E-state index contributed by atoms with van der Waals surface area (Å²) >= 11 is 7.20. The summed E-state index contributed by atoms with van der Waals surface area (Å²) in [5.74, 6) is 0.167. The summed E-state index contributed by atoms with van der Waals surface area (Å²) in [6.45, 7) is 6.79. The van der Waals surface area contributed by atoms with Crippen LogP contribution in [0.2, 0.25) is 5.02 Å². The van der Waals surface area contributed by atoms with Gasteiger partial charge in [-0.3, -0.25) is 0 Å². The van der Waals surface area contributed by atoms with Crippen LogP contribution in [0, 0.1) is 31.0 Å². The van der Waals surface area contributed by atoms with Crippen molar-refractivity contribution in [1.29, 1.82) is 5.26 Å². The first-order valence-electron chi connectivity index (χ1n) is 9.22. The first kappa shape index (κ1) is 21.8. The maximum atomic E-state index is 13.4. The van der Waals surface area contributed by atoms with Gasteiger partial charge in [0.1, 0.15) is 28.9 Å². The number of hydrogen-bond donors (Lipinski definition) is 0. The second-order valence-electron chi connectivity index (χ2n) is 6.75. The summed E-state index contributed by atoms with van der Waals surface area (Å²) in [5, 5.41) is 10.2. The highest BCUT2D eigenvalue weighted by Crippen LogP contribution is 2.40. The fourth-order valence-electron chi connectivity index (χ4n) is 2.67. The van der Waals surface area contributed by atoms with Gasteiger partial charge in [-0.2, -0.15) is 9.64 Å². The third-order valence-electron chi connectivity index (χ3n) is 4.55. The Morgan fingerprint density at radius 1 is 1.30 bits per heavy atom. The van der Waals surface area contributed by atoms with Crippen LogP contribution >= 0.6 is 23.1 Å². The van der Waals surface area contributed by atoms with Crippen molar-refractivity contribution in [3.05, 3.63) is 57.9 Å². The SMILES string of the molecule is CCN(C)C=Nc1cc(C)c(Oc2snc(-c3ccc(F)cc3Cl)c2C#N)cc1C. The number of aromatic nitrogens is 1. The molecule has 1 aromatic heterocycles. The first-order valence-corrected chi connectivity index (χ1v) is 10.4. The van der Waals surface area contributed by atoms with E-state index in [0.29, 0.717) is 22.1 Å². The molecule has 1 heterocycles. The van der Waals surface area contributed by atoms with Crippen molar-refractivity contribution in [3.63, 3.8) is 0 Å². The largest absolute Gasteiger partial charge is 0.443 e. The van der Waals surface area contributed by atoms with E-state index in [0.717, 1.165) is 34.9 Å². The Morgan fingerprint density at radius 3 is 2.73 bits per heavy atom. The average molecular weight is 443 g/mol. The highest BCUT2D eigenvalue weighted by molar-refractivity contribution is 7.08. The van der Waals surface area contributed by atoms with E-state index in [-0.39, 0.29) is 10.6 Å². The Bertz CT molecular complexity index is 1150. The number of ether oxygens (including phenoxy) is 1. The fraction of sp³-hybridized carbons (Fsp3) is 0.227. The standard InChI is InChI=1S/C22H20ClFN4OS/c1-5-28(4)12-26-19-8-14(3)20(9-13(19)2)29-22-17(11-25)21(27-30-22)16-7-6-15(24)10-18(16)23/h6-10,12H,5H2,1-4H3. The van der Waals surface area contributed by atoms with Gasteiger partial charge in [-0.05, 0) is 62.2 Å². The van der Waals surface area contributed by atoms with Crippen LogP contribution in [-0.2, 0) is 0 Å². The number of aryl methyl sites for hydroxylation is 2. The van der Waals surface area contributed by atoms with Gasteiger partial charge < -0.3 is 9.64 Å². The highest BCUT2D eigenvalue weighted by atomic mass is 35.5. The van der Waals surface area contributed by atoms with E-state index < -0.39 is 5.82 Å². The molecule has 0 bridgehead atoms. The second kappa shape index (κ2) is 9.24. The van der Waals surface area contributed by atoms with Crippen LogP contribution in [-0.4, -0.2) is 29.2 Å². The molecule has 2 aromatic carbocycles. The number of rotatable bonds is 6. The third kappa shape index (κ3) is 4.61. The summed E-state index contributed by atoms with van der Waals surface area (Å²) in [4.78, 5) is 6.50. The minimum atomic E-state index is -0.451. The Labute approximate surface area is 184 Å². The second-order valence-corrected chi connectivity index (χ2v) is 7.90. The molecule has 0 N–H and O–H groups in total. The topological polar surface area (TPSA) is 61.5 Å². The lowest BCUT2D eigenvalue weighted by atomic mass is 10.1. The van der Waals surface area contributed by atoms with Crippen molar-refractivity contribution >= 4 is 35.2 Å². The Morgan fingerprint density at radius 2 is 2.07 bits per heavy atom. The minimum Gasteiger partial charge on any atom is -0.443 e. The zero-order valence-electron chi connectivity index (χ0n) is 17.0. The van der Waals surface area contributed by atoms with Crippen LogP contribution in [0.5, 0.6) is 10.8 Å². The van der Waals surface area contributed by atoms with Crippen molar-refractivity contribution < 1.29 is 9.13 Å². The maximum Gasteiger partial charge on any atom is 0.218 e. The molecule has 0 unspecified atom stereocenters. The van der Waals surface area contributed by atoms with Gasteiger partial charge in [0.05, 0.1) is 17.0 Å². The summed E-state index contributed by atoms with van der Waals surface area (Å²) in [6.07, 6.45) is 1.79. The first-order chi connectivity index (χ1) is 14.3. The molecule has 0 aliphatic carbocycles. The van der Waals surface area contributed by atoms with Crippen LogP contribution < -0.4 is 4.74 Å². The number of aliphatic imine (C=N–C) groups is 1. The highest BCUT2D eigenvalue weighted by Gasteiger charge is 2.20. The van der Waals surface area contributed by atoms with E-state index in [1.165, 1.54) is 18.2 Å². The van der Waals surface area contributed by atoms with E-state index in [1.807, 2.05) is 37.9 Å². The molecular formula is C22H20ClFN4OS. The molecule has 5 nitrogen and oxygen atoms in total. The molecule has 0 saturated carbocycles. The van der Waals surface area contributed by atoms with Gasteiger partial charge in [0.25, 0.3) is 0 Å². The lowest BCUT2D eigenvalue weighted by Gasteiger charge is -2.12. The summed E-state index contributed by atoms with van der Waals surface area (Å²) in [7, 11) is 1.96. The van der Waals surface area contributed by atoms with Gasteiger partial charge in [0, 0.05) is 30.7 Å². The number of nitrogens with zero attached hydrogens (tertiary/aromatic N) is 4. The van der Waals surface area contributed by atoms with E-state index in [9.17, 15) is 9.65 Å². The predicted octanol–water partition coefficient (Wildman–Crippen LogP) is 6.49. The smallest absolute Gasteiger partial charge is 0.218 e. The molecular weight excluding hydrogens is 423 g/mol. The molecule has 3 rings (SSSR count). The molecule has 0 radical (unpaired) electrons. The average Bonchev–Trinajstić information content (AvgIpc) is 3.11. The molecule has 0 atom stereocenters. The van der Waals surface area contributed by atoms with Gasteiger partial charge >= 0.3 is 0 Å². The number of nitriles is 1. The molecule has 0 aliphatic rings. The van der Waals surface area contributed by atoms with Crippen LogP contribution in [0.3, 0.4) is 0 Å². The predicted molar refractivity (Wildman–Crippen MR) is 120 cm³/mol. The lowest BCUT2D eigenvalue weighted by Crippen LogP contribution is -2.14. The molecule has 3 aromatic rings. The zero-order chi connectivity index (χ0) is 21.8. The Balaban J connectivity index is 1.94. The van der Waals surface area contributed by atoms with E-state index in [1.54, 1.807) is 6.34 Å². The van der Waals surface area contributed by atoms with Crippen LogP contribution in [0.4, 0.5) is 10.1 Å². The number of benzene rings is 2. The molecule has 0 amide bonds. The van der Waals surface area contributed by atoms with Crippen LogP contribution in [0.25, 0.3) is 11.3 Å². The number of hydrogen-bond acceptors (Lipinski definition) is 5. The normalized spacial score (nSPS) is 11.0. The van der Waals surface area contributed by atoms with Gasteiger partial charge in [0.15, 0.2) is 0 Å². The molecule has 30 heavy (non-hydrogen) atoms. The molecule has 8 heteroatoms. The van der Waals surface area contributed by atoms with E-state index in [2.05, 4.69) is 22.4 Å². The zero-order valence-corrected chi connectivity index (χ0v) is 18.6.